The molecule has 0 radical (unpaired) electrons. The van der Waals surface area contributed by atoms with Crippen molar-refractivity contribution < 1.29 is 9.18 Å². The Balaban J connectivity index is 1.91. The van der Waals surface area contributed by atoms with Crippen LogP contribution in [0.15, 0.2) is 18.2 Å². The fourth-order valence-electron chi connectivity index (χ4n) is 2.40. The van der Waals surface area contributed by atoms with Crippen molar-refractivity contribution in [2.75, 3.05) is 24.1 Å². The first-order chi connectivity index (χ1) is 9.06. The zero-order chi connectivity index (χ0) is 13.8. The minimum absolute atomic E-state index is 0.0455. The van der Waals surface area contributed by atoms with Crippen LogP contribution in [-0.2, 0) is 4.79 Å². The van der Waals surface area contributed by atoms with Crippen molar-refractivity contribution in [2.24, 2.45) is 0 Å². The highest BCUT2D eigenvalue weighted by atomic mass is 19.1. The third-order valence-corrected chi connectivity index (χ3v) is 3.57. The van der Waals surface area contributed by atoms with Crippen molar-refractivity contribution in [3.05, 3.63) is 24.0 Å². The van der Waals surface area contributed by atoms with E-state index in [1.165, 1.54) is 24.6 Å². The first-order valence-corrected chi connectivity index (χ1v) is 6.65. The Morgan fingerprint density at radius 1 is 1.53 bits per heavy atom. The van der Waals surface area contributed by atoms with Crippen LogP contribution in [0.1, 0.15) is 26.2 Å². The monoisotopic (exact) mass is 265 g/mol. The number of nitrogens with zero attached hydrogens (tertiary/aromatic N) is 1. The molecule has 1 aliphatic rings. The van der Waals surface area contributed by atoms with Gasteiger partial charge in [0.05, 0.1) is 12.2 Å². The number of hydrogen-bond donors (Lipinski definition) is 2. The number of rotatable bonds is 3. The number of nitrogens with one attached hydrogen (secondary N) is 1. The number of likely N-dealkylation sites (tertiary alicyclic amines) is 1. The molecule has 4 nitrogen and oxygen atoms in total. The van der Waals surface area contributed by atoms with Gasteiger partial charge in [-0.1, -0.05) is 6.42 Å². The van der Waals surface area contributed by atoms with E-state index in [0.717, 1.165) is 19.4 Å². The van der Waals surface area contributed by atoms with Crippen molar-refractivity contribution in [2.45, 2.75) is 32.2 Å². The molecule has 0 aliphatic carbocycles. The van der Waals surface area contributed by atoms with E-state index in [4.69, 9.17) is 5.73 Å². The van der Waals surface area contributed by atoms with Crippen LogP contribution in [0, 0.1) is 5.82 Å². The van der Waals surface area contributed by atoms with Crippen molar-refractivity contribution >= 4 is 17.3 Å². The molecule has 1 heterocycles. The van der Waals surface area contributed by atoms with Gasteiger partial charge in [0.15, 0.2) is 0 Å². The van der Waals surface area contributed by atoms with Crippen molar-refractivity contribution in [1.82, 2.24) is 4.90 Å². The van der Waals surface area contributed by atoms with Crippen LogP contribution in [0.5, 0.6) is 0 Å². The summed E-state index contributed by atoms with van der Waals surface area (Å²) >= 11 is 0. The molecular weight excluding hydrogens is 245 g/mol. The van der Waals surface area contributed by atoms with Gasteiger partial charge in [-0.25, -0.2) is 4.39 Å². The number of benzene rings is 1. The fraction of sp³-hybridized carbons (Fsp3) is 0.500. The lowest BCUT2D eigenvalue weighted by molar-refractivity contribution is -0.118. The van der Waals surface area contributed by atoms with Crippen molar-refractivity contribution in [3.63, 3.8) is 0 Å². The summed E-state index contributed by atoms with van der Waals surface area (Å²) < 4.78 is 13.0. The molecule has 0 spiro atoms. The molecule has 0 saturated carbocycles. The number of hydrogen-bond acceptors (Lipinski definition) is 3. The maximum absolute atomic E-state index is 13.0. The van der Waals surface area contributed by atoms with Gasteiger partial charge in [-0.2, -0.15) is 0 Å². The van der Waals surface area contributed by atoms with Gasteiger partial charge in [0.25, 0.3) is 0 Å². The molecule has 1 aliphatic heterocycles. The van der Waals surface area contributed by atoms with Gasteiger partial charge in [0, 0.05) is 11.7 Å². The van der Waals surface area contributed by atoms with Crippen LogP contribution in [-0.4, -0.2) is 29.9 Å². The molecule has 0 unspecified atom stereocenters. The number of amides is 1. The van der Waals surface area contributed by atoms with Crippen molar-refractivity contribution in [1.29, 1.82) is 0 Å². The molecular formula is C14H20FN3O. The zero-order valence-electron chi connectivity index (χ0n) is 11.2. The standard InChI is InChI=1S/C14H20FN3O/c1-10-4-2-3-7-18(10)9-14(19)17-11-5-6-12(15)13(16)8-11/h5-6,8,10H,2-4,7,9,16H2,1H3,(H,17,19)/t10-/m0/s1. The normalized spacial score (nSPS) is 20.2. The summed E-state index contributed by atoms with van der Waals surface area (Å²) in [5.41, 5.74) is 6.05. The van der Waals surface area contributed by atoms with E-state index in [9.17, 15) is 9.18 Å². The summed E-state index contributed by atoms with van der Waals surface area (Å²) in [5, 5.41) is 2.75. The average molecular weight is 265 g/mol. The van der Waals surface area contributed by atoms with Gasteiger partial charge >= 0.3 is 0 Å². The molecule has 3 N–H and O–H groups in total. The quantitative estimate of drug-likeness (QED) is 0.824. The SMILES string of the molecule is C[C@H]1CCCCN1CC(=O)Nc1ccc(F)c(N)c1. The number of anilines is 2. The fourth-order valence-corrected chi connectivity index (χ4v) is 2.40. The zero-order valence-corrected chi connectivity index (χ0v) is 11.2. The van der Waals surface area contributed by atoms with E-state index < -0.39 is 5.82 Å². The minimum atomic E-state index is -0.470. The molecule has 5 heteroatoms. The second kappa shape index (κ2) is 6.02. The number of carbonyl (C=O) groups excluding carboxylic acids is 1. The molecule has 1 fully saturated rings. The third-order valence-electron chi connectivity index (χ3n) is 3.57. The number of piperidine rings is 1. The molecule has 1 atom stereocenters. The number of halogens is 1. The lowest BCUT2D eigenvalue weighted by Gasteiger charge is -2.32. The van der Waals surface area contributed by atoms with E-state index in [1.807, 2.05) is 0 Å². The topological polar surface area (TPSA) is 58.4 Å². The van der Waals surface area contributed by atoms with E-state index in [-0.39, 0.29) is 11.6 Å². The Hall–Kier alpha value is -1.62. The first-order valence-electron chi connectivity index (χ1n) is 6.65. The number of nitrogen functional groups attached to an aromatic ring is 1. The Morgan fingerprint density at radius 2 is 2.32 bits per heavy atom. The summed E-state index contributed by atoms with van der Waals surface area (Å²) in [5.74, 6) is -0.553. The molecule has 1 saturated heterocycles. The highest BCUT2D eigenvalue weighted by molar-refractivity contribution is 5.92. The summed E-state index contributed by atoms with van der Waals surface area (Å²) in [6.07, 6.45) is 3.51. The van der Waals surface area contributed by atoms with Crippen LogP contribution in [0.25, 0.3) is 0 Å². The summed E-state index contributed by atoms with van der Waals surface area (Å²) in [7, 11) is 0. The summed E-state index contributed by atoms with van der Waals surface area (Å²) in [4.78, 5) is 14.1. The van der Waals surface area contributed by atoms with E-state index in [2.05, 4.69) is 17.1 Å². The smallest absolute Gasteiger partial charge is 0.238 e. The second-order valence-corrected chi connectivity index (χ2v) is 5.10. The minimum Gasteiger partial charge on any atom is -0.396 e. The summed E-state index contributed by atoms with van der Waals surface area (Å²) in [6, 6.07) is 4.66. The Bertz CT molecular complexity index is 464. The van der Waals surface area contributed by atoms with Crippen LogP contribution in [0.4, 0.5) is 15.8 Å². The molecule has 19 heavy (non-hydrogen) atoms. The molecule has 0 bridgehead atoms. The van der Waals surface area contributed by atoms with E-state index in [0.29, 0.717) is 18.3 Å². The van der Waals surface area contributed by atoms with Crippen LogP contribution in [0.2, 0.25) is 0 Å². The Labute approximate surface area is 112 Å². The largest absolute Gasteiger partial charge is 0.396 e. The van der Waals surface area contributed by atoms with Crippen LogP contribution >= 0.6 is 0 Å². The molecule has 0 aromatic heterocycles. The van der Waals surface area contributed by atoms with E-state index >= 15 is 0 Å². The predicted molar refractivity (Wildman–Crippen MR) is 74.3 cm³/mol. The highest BCUT2D eigenvalue weighted by Gasteiger charge is 2.20. The molecule has 1 aromatic carbocycles. The van der Waals surface area contributed by atoms with Gasteiger partial charge in [0.2, 0.25) is 5.91 Å². The molecule has 1 aromatic rings. The van der Waals surface area contributed by atoms with Gasteiger partial charge in [0.1, 0.15) is 5.82 Å². The van der Waals surface area contributed by atoms with Gasteiger partial charge in [-0.15, -0.1) is 0 Å². The van der Waals surface area contributed by atoms with E-state index in [1.54, 1.807) is 0 Å². The number of nitrogens with two attached hydrogens (primary N) is 1. The summed E-state index contributed by atoms with van der Waals surface area (Å²) in [6.45, 7) is 3.47. The number of carbonyl (C=O) groups is 1. The predicted octanol–water partition coefficient (Wildman–Crippen LogP) is 2.22. The Kier molecular flexibility index (Phi) is 4.37. The highest BCUT2D eigenvalue weighted by Crippen LogP contribution is 2.18. The third kappa shape index (κ3) is 3.67. The lowest BCUT2D eigenvalue weighted by Crippen LogP contribution is -2.42. The molecule has 2 rings (SSSR count). The Morgan fingerprint density at radius 3 is 3.00 bits per heavy atom. The van der Waals surface area contributed by atoms with Crippen molar-refractivity contribution in [3.8, 4) is 0 Å². The maximum Gasteiger partial charge on any atom is 0.238 e. The van der Waals surface area contributed by atoms with Gasteiger partial charge in [-0.05, 0) is 44.5 Å². The average Bonchev–Trinajstić information content (AvgIpc) is 2.37. The van der Waals surface area contributed by atoms with Gasteiger partial charge < -0.3 is 11.1 Å². The maximum atomic E-state index is 13.0. The first kappa shape index (κ1) is 13.8. The molecule has 104 valence electrons. The van der Waals surface area contributed by atoms with Crippen LogP contribution < -0.4 is 11.1 Å². The van der Waals surface area contributed by atoms with Gasteiger partial charge in [-0.3, -0.25) is 9.69 Å². The lowest BCUT2D eigenvalue weighted by atomic mass is 10.0. The molecule has 1 amide bonds. The van der Waals surface area contributed by atoms with Crippen LogP contribution in [0.3, 0.4) is 0 Å². The second-order valence-electron chi connectivity index (χ2n) is 5.10.